The van der Waals surface area contributed by atoms with Crippen molar-refractivity contribution in [3.63, 3.8) is 0 Å². The van der Waals surface area contributed by atoms with Gasteiger partial charge >= 0.3 is 0 Å². The highest BCUT2D eigenvalue weighted by atomic mass is 15.3. The minimum absolute atomic E-state index is 0.598. The minimum Gasteiger partial charge on any atom is -0.336 e. The summed E-state index contributed by atoms with van der Waals surface area (Å²) in [6.45, 7) is 3.35. The third-order valence-electron chi connectivity index (χ3n) is 4.60. The van der Waals surface area contributed by atoms with Gasteiger partial charge < -0.3 is 9.47 Å². The van der Waals surface area contributed by atoms with E-state index in [1.165, 1.54) is 11.9 Å². The fourth-order valence-corrected chi connectivity index (χ4v) is 3.05. The average Bonchev–Trinajstić information content (AvgIpc) is 3.32. The van der Waals surface area contributed by atoms with E-state index in [0.717, 1.165) is 29.5 Å². The molecule has 4 aromatic rings. The van der Waals surface area contributed by atoms with Gasteiger partial charge in [0.15, 0.2) is 5.82 Å². The largest absolute Gasteiger partial charge is 0.336 e. The van der Waals surface area contributed by atoms with Crippen LogP contribution in [0.5, 0.6) is 0 Å². The Balaban J connectivity index is 1.56. The van der Waals surface area contributed by atoms with Crippen molar-refractivity contribution < 1.29 is 0 Å². The fourth-order valence-electron chi connectivity index (χ4n) is 3.05. The molecule has 0 aliphatic rings. The van der Waals surface area contributed by atoms with Crippen LogP contribution < -0.4 is 4.90 Å². The first kappa shape index (κ1) is 17.8. The lowest BCUT2D eigenvalue weighted by Gasteiger charge is -2.18. The first-order chi connectivity index (χ1) is 13.6. The Hall–Kier alpha value is -3.55. The molecule has 28 heavy (non-hydrogen) atoms. The topological polar surface area (TPSA) is 77.6 Å². The molecule has 0 saturated heterocycles. The van der Waals surface area contributed by atoms with Gasteiger partial charge in [0.2, 0.25) is 5.95 Å². The summed E-state index contributed by atoms with van der Waals surface area (Å²) in [5.41, 5.74) is 2.98. The van der Waals surface area contributed by atoms with E-state index in [9.17, 15) is 0 Å². The molecule has 8 nitrogen and oxygen atoms in total. The molecular weight excluding hydrogens is 352 g/mol. The highest BCUT2D eigenvalue weighted by Gasteiger charge is 2.15. The smallest absolute Gasteiger partial charge is 0.226 e. The molecule has 0 aliphatic carbocycles. The van der Waals surface area contributed by atoms with Crippen LogP contribution in [0.1, 0.15) is 17.0 Å². The summed E-state index contributed by atoms with van der Waals surface area (Å²) in [5.74, 6) is 2.30. The maximum Gasteiger partial charge on any atom is 0.226 e. The lowest BCUT2D eigenvalue weighted by atomic mass is 10.2. The summed E-state index contributed by atoms with van der Waals surface area (Å²) in [5, 5.41) is 4.14. The molecule has 0 amide bonds. The summed E-state index contributed by atoms with van der Waals surface area (Å²) >= 11 is 0. The van der Waals surface area contributed by atoms with Crippen LogP contribution in [0, 0.1) is 6.92 Å². The minimum atomic E-state index is 0.598. The van der Waals surface area contributed by atoms with Gasteiger partial charge in [-0.15, -0.1) is 0 Å². The third kappa shape index (κ3) is 3.62. The van der Waals surface area contributed by atoms with Gasteiger partial charge in [-0.25, -0.2) is 24.6 Å². The van der Waals surface area contributed by atoms with Gasteiger partial charge in [-0.1, -0.05) is 30.3 Å². The van der Waals surface area contributed by atoms with Crippen molar-refractivity contribution in [3.8, 4) is 11.5 Å². The number of aromatic nitrogens is 7. The van der Waals surface area contributed by atoms with Crippen LogP contribution in [-0.4, -0.2) is 41.3 Å². The predicted octanol–water partition coefficient (Wildman–Crippen LogP) is 2.46. The maximum absolute atomic E-state index is 4.72. The van der Waals surface area contributed by atoms with E-state index in [1.807, 2.05) is 62.7 Å². The third-order valence-corrected chi connectivity index (χ3v) is 4.60. The number of hydrogen-bond acceptors (Lipinski definition) is 6. The van der Waals surface area contributed by atoms with Crippen molar-refractivity contribution in [1.29, 1.82) is 0 Å². The molecule has 3 heterocycles. The molecular formula is C20H22N8. The molecule has 142 valence electrons. The molecule has 0 unspecified atom stereocenters. The van der Waals surface area contributed by atoms with Gasteiger partial charge in [-0.3, -0.25) is 0 Å². The second kappa shape index (κ2) is 7.59. The van der Waals surface area contributed by atoms with Gasteiger partial charge in [0.05, 0.1) is 6.54 Å². The van der Waals surface area contributed by atoms with E-state index in [0.29, 0.717) is 12.5 Å². The van der Waals surface area contributed by atoms with Crippen molar-refractivity contribution in [3.05, 3.63) is 72.2 Å². The summed E-state index contributed by atoms with van der Waals surface area (Å²) in [7, 11) is 3.82. The molecule has 8 heteroatoms. The van der Waals surface area contributed by atoms with Gasteiger partial charge in [-0.05, 0) is 18.1 Å². The lowest BCUT2D eigenvalue weighted by molar-refractivity contribution is 0.699. The molecule has 0 radical (unpaired) electrons. The second-order valence-corrected chi connectivity index (χ2v) is 6.72. The van der Waals surface area contributed by atoms with Gasteiger partial charge in [-0.2, -0.15) is 5.10 Å². The van der Waals surface area contributed by atoms with E-state index < -0.39 is 0 Å². The zero-order valence-corrected chi connectivity index (χ0v) is 16.2. The molecule has 0 bridgehead atoms. The van der Waals surface area contributed by atoms with Gasteiger partial charge in [0.25, 0.3) is 0 Å². The van der Waals surface area contributed by atoms with Crippen molar-refractivity contribution in [2.24, 2.45) is 7.05 Å². The molecule has 3 aromatic heterocycles. The molecule has 0 N–H and O–H groups in total. The fraction of sp³-hybridized carbons (Fsp3) is 0.250. The Labute approximate surface area is 163 Å². The van der Waals surface area contributed by atoms with Gasteiger partial charge in [0, 0.05) is 39.2 Å². The molecule has 0 atom stereocenters. The highest BCUT2D eigenvalue weighted by molar-refractivity contribution is 5.56. The number of benzene rings is 1. The first-order valence-corrected chi connectivity index (χ1v) is 9.05. The van der Waals surface area contributed by atoms with Crippen LogP contribution in [0.15, 0.2) is 55.2 Å². The van der Waals surface area contributed by atoms with Crippen molar-refractivity contribution in [2.45, 2.75) is 20.0 Å². The van der Waals surface area contributed by atoms with E-state index in [1.54, 1.807) is 4.68 Å². The Bertz CT molecular complexity index is 1070. The Morgan fingerprint density at radius 2 is 1.89 bits per heavy atom. The molecule has 0 fully saturated rings. The molecule has 0 aliphatic heterocycles. The van der Waals surface area contributed by atoms with Crippen LogP contribution in [0.3, 0.4) is 0 Å². The van der Waals surface area contributed by atoms with E-state index in [4.69, 9.17) is 4.98 Å². The predicted molar refractivity (Wildman–Crippen MR) is 107 cm³/mol. The Morgan fingerprint density at radius 1 is 1.07 bits per heavy atom. The Morgan fingerprint density at radius 3 is 2.64 bits per heavy atom. The first-order valence-electron chi connectivity index (χ1n) is 9.05. The van der Waals surface area contributed by atoms with Crippen LogP contribution in [0.25, 0.3) is 11.5 Å². The van der Waals surface area contributed by atoms with E-state index in [-0.39, 0.29) is 0 Å². The SMILES string of the molecule is Cc1cnc(N(C)Cc2nccn2Cc2ccccc2)nc1-c1ncnn1C. The lowest BCUT2D eigenvalue weighted by Crippen LogP contribution is -2.22. The standard InChI is InChI=1S/C20H22N8/c1-15-11-22-20(25-18(15)19-23-14-24-27(19)3)26(2)13-17-21-9-10-28(17)12-16-7-5-4-6-8-16/h4-11,14H,12-13H2,1-3H3. The van der Waals surface area contributed by atoms with Crippen LogP contribution >= 0.6 is 0 Å². The zero-order valence-electron chi connectivity index (χ0n) is 16.2. The Kier molecular flexibility index (Phi) is 4.84. The quantitative estimate of drug-likeness (QED) is 0.516. The maximum atomic E-state index is 4.72. The number of imidazole rings is 1. The number of aryl methyl sites for hydroxylation is 2. The van der Waals surface area contributed by atoms with Gasteiger partial charge in [0.1, 0.15) is 17.8 Å². The van der Waals surface area contributed by atoms with Crippen LogP contribution in [0.4, 0.5) is 5.95 Å². The monoisotopic (exact) mass is 374 g/mol. The number of hydrogen-bond donors (Lipinski definition) is 0. The number of anilines is 1. The molecule has 1 aromatic carbocycles. The summed E-state index contributed by atoms with van der Waals surface area (Å²) in [4.78, 5) is 20.0. The highest BCUT2D eigenvalue weighted by Crippen LogP contribution is 2.20. The van der Waals surface area contributed by atoms with E-state index >= 15 is 0 Å². The van der Waals surface area contributed by atoms with Crippen LogP contribution in [0.2, 0.25) is 0 Å². The van der Waals surface area contributed by atoms with Crippen molar-refractivity contribution in [2.75, 3.05) is 11.9 Å². The number of nitrogens with zero attached hydrogens (tertiary/aromatic N) is 8. The summed E-state index contributed by atoms with van der Waals surface area (Å²) in [6, 6.07) is 10.3. The summed E-state index contributed by atoms with van der Waals surface area (Å²) < 4.78 is 3.86. The molecule has 0 saturated carbocycles. The van der Waals surface area contributed by atoms with Crippen molar-refractivity contribution in [1.82, 2.24) is 34.3 Å². The average molecular weight is 374 g/mol. The zero-order chi connectivity index (χ0) is 19.5. The normalized spacial score (nSPS) is 11.0. The number of rotatable bonds is 6. The molecule has 0 spiro atoms. The van der Waals surface area contributed by atoms with Crippen LogP contribution in [-0.2, 0) is 20.1 Å². The second-order valence-electron chi connectivity index (χ2n) is 6.72. The molecule has 4 rings (SSSR count). The van der Waals surface area contributed by atoms with E-state index in [2.05, 4.69) is 36.8 Å². The summed E-state index contributed by atoms with van der Waals surface area (Å²) in [6.07, 6.45) is 7.17. The van der Waals surface area contributed by atoms with Crippen molar-refractivity contribution >= 4 is 5.95 Å².